The van der Waals surface area contributed by atoms with Crippen molar-refractivity contribution in [2.45, 2.75) is 25.4 Å². The van der Waals surface area contributed by atoms with E-state index in [2.05, 4.69) is 27.7 Å². The summed E-state index contributed by atoms with van der Waals surface area (Å²) >= 11 is 1.74. The van der Waals surface area contributed by atoms with Gasteiger partial charge in [0, 0.05) is 24.5 Å². The summed E-state index contributed by atoms with van der Waals surface area (Å²) in [6.07, 6.45) is 2.45. The van der Waals surface area contributed by atoms with Crippen LogP contribution in [0, 0.1) is 0 Å². The number of likely N-dealkylation sites (tertiary alicyclic amines) is 1. The van der Waals surface area contributed by atoms with Gasteiger partial charge in [0.1, 0.15) is 0 Å². The van der Waals surface area contributed by atoms with Gasteiger partial charge in [-0.15, -0.1) is 11.3 Å². The number of nitrogens with one attached hydrogen (secondary N) is 1. The Morgan fingerprint density at radius 2 is 1.96 bits per heavy atom. The topological polar surface area (TPSA) is 55.8 Å². The lowest BCUT2D eigenvalue weighted by Crippen LogP contribution is -2.44. The van der Waals surface area contributed by atoms with E-state index < -0.39 is 0 Å². The van der Waals surface area contributed by atoms with Gasteiger partial charge >= 0.3 is 6.03 Å². The molecule has 1 unspecified atom stereocenters. The molecule has 0 spiro atoms. The highest BCUT2D eigenvalue weighted by Crippen LogP contribution is 2.27. The number of carbonyl (C=O) groups excluding carboxylic acids is 1. The Labute approximate surface area is 159 Å². The van der Waals surface area contributed by atoms with Crippen molar-refractivity contribution in [1.29, 1.82) is 0 Å². The monoisotopic (exact) mass is 373 g/mol. The summed E-state index contributed by atoms with van der Waals surface area (Å²) in [5.74, 6) is 0. The van der Waals surface area contributed by atoms with Crippen molar-refractivity contribution in [3.05, 3.63) is 58.3 Å². The molecular weight excluding hydrogens is 346 g/mol. The first-order valence-electron chi connectivity index (χ1n) is 9.23. The van der Waals surface area contributed by atoms with Gasteiger partial charge in [-0.2, -0.15) is 0 Å². The molecule has 1 aromatic heterocycles. The van der Waals surface area contributed by atoms with Gasteiger partial charge in [0.05, 0.1) is 12.6 Å². The number of rotatable bonds is 8. The molecule has 0 saturated carbocycles. The van der Waals surface area contributed by atoms with E-state index >= 15 is 0 Å². The smallest absolute Gasteiger partial charge is 0.317 e. The average Bonchev–Trinajstić information content (AvgIpc) is 3.37. The Bertz CT molecular complexity index is 657. The molecule has 1 aliphatic rings. The van der Waals surface area contributed by atoms with Crippen LogP contribution in [0.25, 0.3) is 0 Å². The average molecular weight is 374 g/mol. The van der Waals surface area contributed by atoms with Gasteiger partial charge in [0.25, 0.3) is 0 Å². The normalized spacial score (nSPS) is 15.7. The van der Waals surface area contributed by atoms with E-state index in [9.17, 15) is 9.90 Å². The molecule has 26 heavy (non-hydrogen) atoms. The molecule has 1 atom stereocenters. The van der Waals surface area contributed by atoms with E-state index in [0.29, 0.717) is 19.6 Å². The van der Waals surface area contributed by atoms with Crippen LogP contribution in [0.1, 0.15) is 29.3 Å². The third-order valence-electron chi connectivity index (χ3n) is 4.77. The summed E-state index contributed by atoms with van der Waals surface area (Å²) in [6, 6.07) is 14.2. The highest BCUT2D eigenvalue weighted by molar-refractivity contribution is 7.10. The molecule has 1 aliphatic heterocycles. The molecule has 1 aromatic carbocycles. The molecule has 2 aromatic rings. The first-order chi connectivity index (χ1) is 12.8. The number of aliphatic hydroxyl groups is 1. The van der Waals surface area contributed by atoms with Crippen LogP contribution < -0.4 is 5.32 Å². The molecule has 2 heterocycles. The number of carbonyl (C=O) groups is 1. The predicted molar refractivity (Wildman–Crippen MR) is 105 cm³/mol. The van der Waals surface area contributed by atoms with Gasteiger partial charge in [-0.1, -0.05) is 36.4 Å². The highest BCUT2D eigenvalue weighted by atomic mass is 32.1. The van der Waals surface area contributed by atoms with E-state index in [-0.39, 0.29) is 18.7 Å². The summed E-state index contributed by atoms with van der Waals surface area (Å²) in [5, 5.41) is 14.5. The maximum atomic E-state index is 12.7. The van der Waals surface area contributed by atoms with Crippen LogP contribution >= 0.6 is 11.3 Å². The van der Waals surface area contributed by atoms with Crippen molar-refractivity contribution in [2.24, 2.45) is 0 Å². The largest absolute Gasteiger partial charge is 0.395 e. The van der Waals surface area contributed by atoms with Gasteiger partial charge in [-0.25, -0.2) is 4.79 Å². The van der Waals surface area contributed by atoms with Crippen molar-refractivity contribution >= 4 is 17.4 Å². The van der Waals surface area contributed by atoms with Gasteiger partial charge in [-0.05, 0) is 42.9 Å². The molecule has 0 radical (unpaired) electrons. The number of hydrogen-bond acceptors (Lipinski definition) is 4. The molecule has 6 heteroatoms. The summed E-state index contributed by atoms with van der Waals surface area (Å²) in [5.41, 5.74) is 1.06. The molecule has 1 saturated heterocycles. The maximum absolute atomic E-state index is 12.7. The van der Waals surface area contributed by atoms with Crippen molar-refractivity contribution in [1.82, 2.24) is 15.1 Å². The van der Waals surface area contributed by atoms with Gasteiger partial charge in [0.15, 0.2) is 0 Å². The van der Waals surface area contributed by atoms with Crippen LogP contribution in [0.4, 0.5) is 4.79 Å². The van der Waals surface area contributed by atoms with Crippen LogP contribution in [0.5, 0.6) is 0 Å². The van der Waals surface area contributed by atoms with Crippen molar-refractivity contribution in [2.75, 3.05) is 32.8 Å². The van der Waals surface area contributed by atoms with Crippen LogP contribution in [0.2, 0.25) is 0 Å². The standard InChI is InChI=1S/C20H27N3O2S/c24-13-12-23(16-17-7-2-1-3-8-17)20(25)21-15-18(19-9-6-14-26-19)22-10-4-5-11-22/h1-3,6-9,14,18,24H,4-5,10-13,15-16H2,(H,21,25). The first-order valence-corrected chi connectivity index (χ1v) is 10.1. The minimum Gasteiger partial charge on any atom is -0.395 e. The zero-order chi connectivity index (χ0) is 18.2. The van der Waals surface area contributed by atoms with Gasteiger partial charge < -0.3 is 15.3 Å². The minimum absolute atomic E-state index is 0.0409. The maximum Gasteiger partial charge on any atom is 0.317 e. The fourth-order valence-electron chi connectivity index (χ4n) is 3.42. The van der Waals surface area contributed by atoms with Crippen LogP contribution in [-0.2, 0) is 6.54 Å². The third-order valence-corrected chi connectivity index (χ3v) is 5.75. The Balaban J connectivity index is 1.62. The lowest BCUT2D eigenvalue weighted by atomic mass is 10.2. The van der Waals surface area contributed by atoms with Gasteiger partial charge in [0.2, 0.25) is 0 Å². The molecule has 2 N–H and O–H groups in total. The molecule has 140 valence electrons. The second-order valence-corrected chi connectivity index (χ2v) is 7.57. The highest BCUT2D eigenvalue weighted by Gasteiger charge is 2.25. The second kappa shape index (κ2) is 9.71. The minimum atomic E-state index is -0.122. The first kappa shape index (κ1) is 18.9. The number of thiophene rings is 1. The SMILES string of the molecule is O=C(NCC(c1cccs1)N1CCCC1)N(CCO)Cc1ccccc1. The van der Waals surface area contributed by atoms with Crippen LogP contribution in [-0.4, -0.2) is 53.7 Å². The van der Waals surface area contributed by atoms with E-state index in [1.54, 1.807) is 16.2 Å². The lowest BCUT2D eigenvalue weighted by Gasteiger charge is -2.29. The second-order valence-electron chi connectivity index (χ2n) is 6.59. The Morgan fingerprint density at radius 1 is 1.19 bits per heavy atom. The van der Waals surface area contributed by atoms with E-state index in [0.717, 1.165) is 18.7 Å². The number of benzene rings is 1. The Morgan fingerprint density at radius 3 is 2.62 bits per heavy atom. The number of amides is 2. The molecular formula is C20H27N3O2S. The number of hydrogen-bond donors (Lipinski definition) is 2. The van der Waals surface area contributed by atoms with E-state index in [1.807, 2.05) is 30.3 Å². The van der Waals surface area contributed by atoms with Gasteiger partial charge in [-0.3, -0.25) is 4.90 Å². The molecule has 1 fully saturated rings. The summed E-state index contributed by atoms with van der Waals surface area (Å²) < 4.78 is 0. The Hall–Kier alpha value is -1.89. The molecule has 2 amide bonds. The fourth-order valence-corrected chi connectivity index (χ4v) is 4.28. The number of urea groups is 1. The third kappa shape index (κ3) is 5.06. The van der Waals surface area contributed by atoms with E-state index in [4.69, 9.17) is 0 Å². The van der Waals surface area contributed by atoms with Crippen molar-refractivity contribution < 1.29 is 9.90 Å². The van der Waals surface area contributed by atoms with Crippen LogP contribution in [0.15, 0.2) is 47.8 Å². The van der Waals surface area contributed by atoms with Crippen molar-refractivity contribution in [3.63, 3.8) is 0 Å². The number of aliphatic hydroxyl groups excluding tert-OH is 1. The zero-order valence-corrected chi connectivity index (χ0v) is 15.8. The summed E-state index contributed by atoms with van der Waals surface area (Å²) in [7, 11) is 0. The summed E-state index contributed by atoms with van der Waals surface area (Å²) in [4.78, 5) is 18.1. The zero-order valence-electron chi connectivity index (χ0n) is 15.0. The van der Waals surface area contributed by atoms with Crippen LogP contribution in [0.3, 0.4) is 0 Å². The molecule has 0 aliphatic carbocycles. The number of nitrogens with zero attached hydrogens (tertiary/aromatic N) is 2. The summed E-state index contributed by atoms with van der Waals surface area (Å²) in [6.45, 7) is 3.55. The lowest BCUT2D eigenvalue weighted by molar-refractivity contribution is 0.168. The Kier molecular flexibility index (Phi) is 7.05. The fraction of sp³-hybridized carbons (Fsp3) is 0.450. The molecule has 5 nitrogen and oxygen atoms in total. The molecule has 3 rings (SSSR count). The van der Waals surface area contributed by atoms with E-state index in [1.165, 1.54) is 17.7 Å². The molecule has 0 bridgehead atoms. The predicted octanol–water partition coefficient (Wildman–Crippen LogP) is 3.09. The quantitative estimate of drug-likeness (QED) is 0.748. The van der Waals surface area contributed by atoms with Crippen molar-refractivity contribution in [3.8, 4) is 0 Å².